The molecule has 128 valence electrons. The van der Waals surface area contributed by atoms with Gasteiger partial charge in [-0.25, -0.2) is 0 Å². The standard InChI is InChI=1S/C15H11F3O4S2/c1-23-13-4-2-3-10(8-13)11-5-6-14(12(7-11)9-19)22-24(20,21)15(16,17)18/h2-9H,1H3. The van der Waals surface area contributed by atoms with E-state index in [1.165, 1.54) is 23.9 Å². The van der Waals surface area contributed by atoms with E-state index in [1.807, 2.05) is 18.4 Å². The minimum Gasteiger partial charge on any atom is -0.375 e. The van der Waals surface area contributed by atoms with Crippen LogP contribution in [0.25, 0.3) is 11.1 Å². The molecule has 4 nitrogen and oxygen atoms in total. The number of rotatable bonds is 5. The highest BCUT2D eigenvalue weighted by Crippen LogP contribution is 2.32. The van der Waals surface area contributed by atoms with Crippen LogP contribution >= 0.6 is 11.8 Å². The fraction of sp³-hybridized carbons (Fsp3) is 0.133. The Balaban J connectivity index is 2.43. The number of halogens is 3. The van der Waals surface area contributed by atoms with Crippen molar-refractivity contribution in [3.05, 3.63) is 48.0 Å². The van der Waals surface area contributed by atoms with Gasteiger partial charge in [-0.1, -0.05) is 18.2 Å². The Hall–Kier alpha value is -2.00. The average molecular weight is 376 g/mol. The van der Waals surface area contributed by atoms with Crippen LogP contribution in [0.1, 0.15) is 10.4 Å². The third-order valence-electron chi connectivity index (χ3n) is 3.02. The second-order valence-electron chi connectivity index (χ2n) is 4.59. The predicted octanol–water partition coefficient (Wildman–Crippen LogP) is 4.12. The van der Waals surface area contributed by atoms with Gasteiger partial charge in [0.1, 0.15) is 0 Å². The molecule has 0 aliphatic carbocycles. The Morgan fingerprint density at radius 3 is 2.33 bits per heavy atom. The first kappa shape index (κ1) is 18.3. The van der Waals surface area contributed by atoms with Crippen molar-refractivity contribution < 1.29 is 30.6 Å². The molecule has 2 aromatic carbocycles. The van der Waals surface area contributed by atoms with Crippen molar-refractivity contribution in [2.24, 2.45) is 0 Å². The van der Waals surface area contributed by atoms with Gasteiger partial charge in [0, 0.05) is 4.90 Å². The summed E-state index contributed by atoms with van der Waals surface area (Å²) in [5.41, 5.74) is -4.59. The van der Waals surface area contributed by atoms with Gasteiger partial charge < -0.3 is 4.18 Å². The molecule has 0 fully saturated rings. The van der Waals surface area contributed by atoms with Crippen molar-refractivity contribution >= 4 is 28.2 Å². The highest BCUT2D eigenvalue weighted by molar-refractivity contribution is 7.98. The average Bonchev–Trinajstić information content (AvgIpc) is 2.54. The molecule has 2 rings (SSSR count). The van der Waals surface area contributed by atoms with Crippen LogP contribution in [0.5, 0.6) is 5.75 Å². The summed E-state index contributed by atoms with van der Waals surface area (Å²) < 4.78 is 63.3. The summed E-state index contributed by atoms with van der Waals surface area (Å²) in [6.45, 7) is 0. The van der Waals surface area contributed by atoms with Gasteiger partial charge in [-0.15, -0.1) is 11.8 Å². The molecular formula is C15H11F3O4S2. The number of benzene rings is 2. The molecule has 0 spiro atoms. The largest absolute Gasteiger partial charge is 0.534 e. The van der Waals surface area contributed by atoms with Crippen LogP contribution in [-0.2, 0) is 10.1 Å². The third kappa shape index (κ3) is 3.90. The molecule has 0 radical (unpaired) electrons. The minimum absolute atomic E-state index is 0.239. The molecule has 0 unspecified atom stereocenters. The van der Waals surface area contributed by atoms with E-state index in [0.717, 1.165) is 16.5 Å². The molecule has 0 bridgehead atoms. The first-order valence-electron chi connectivity index (χ1n) is 6.42. The van der Waals surface area contributed by atoms with E-state index in [1.54, 1.807) is 12.1 Å². The maximum atomic E-state index is 12.4. The first-order valence-corrected chi connectivity index (χ1v) is 9.05. The molecule has 0 N–H and O–H groups in total. The second kappa shape index (κ2) is 6.86. The van der Waals surface area contributed by atoms with Crippen LogP contribution in [0.4, 0.5) is 13.2 Å². The number of thioether (sulfide) groups is 1. The van der Waals surface area contributed by atoms with Crippen LogP contribution in [0.15, 0.2) is 47.4 Å². The van der Waals surface area contributed by atoms with E-state index in [4.69, 9.17) is 0 Å². The number of aldehydes is 1. The summed E-state index contributed by atoms with van der Waals surface area (Å²) >= 11 is 1.50. The minimum atomic E-state index is -5.83. The van der Waals surface area contributed by atoms with Gasteiger partial charge in [-0.2, -0.15) is 21.6 Å². The Morgan fingerprint density at radius 2 is 1.75 bits per heavy atom. The normalized spacial score (nSPS) is 12.0. The lowest BCUT2D eigenvalue weighted by molar-refractivity contribution is -0.0500. The lowest BCUT2D eigenvalue weighted by Crippen LogP contribution is -2.28. The molecule has 0 saturated carbocycles. The number of alkyl halides is 3. The Labute approximate surface area is 140 Å². The number of hydrogen-bond acceptors (Lipinski definition) is 5. The van der Waals surface area contributed by atoms with Gasteiger partial charge in [-0.05, 0) is 41.6 Å². The van der Waals surface area contributed by atoms with E-state index in [2.05, 4.69) is 4.18 Å². The SMILES string of the molecule is CSc1cccc(-c2ccc(OS(=O)(=O)C(F)(F)F)c(C=O)c2)c1. The van der Waals surface area contributed by atoms with Crippen LogP contribution in [0.3, 0.4) is 0 Å². The molecule has 0 atom stereocenters. The molecule has 0 aromatic heterocycles. The second-order valence-corrected chi connectivity index (χ2v) is 7.00. The van der Waals surface area contributed by atoms with E-state index in [0.29, 0.717) is 5.56 Å². The summed E-state index contributed by atoms with van der Waals surface area (Å²) in [7, 11) is -5.83. The van der Waals surface area contributed by atoms with Crippen LogP contribution < -0.4 is 4.18 Å². The van der Waals surface area contributed by atoms with Gasteiger partial charge in [0.25, 0.3) is 0 Å². The van der Waals surface area contributed by atoms with E-state index in [-0.39, 0.29) is 11.8 Å². The lowest BCUT2D eigenvalue weighted by atomic mass is 10.0. The third-order valence-corrected chi connectivity index (χ3v) is 4.71. The van der Waals surface area contributed by atoms with Gasteiger partial charge in [-0.3, -0.25) is 4.79 Å². The number of carbonyl (C=O) groups excluding carboxylic acids is 1. The number of carbonyl (C=O) groups is 1. The fourth-order valence-corrected chi connectivity index (χ4v) is 2.81. The van der Waals surface area contributed by atoms with Crippen molar-refractivity contribution in [1.29, 1.82) is 0 Å². The smallest absolute Gasteiger partial charge is 0.375 e. The summed E-state index contributed by atoms with van der Waals surface area (Å²) in [5.74, 6) is -0.674. The molecule has 0 saturated heterocycles. The molecule has 9 heteroatoms. The number of hydrogen-bond donors (Lipinski definition) is 0. The predicted molar refractivity (Wildman–Crippen MR) is 84.6 cm³/mol. The molecular weight excluding hydrogens is 365 g/mol. The van der Waals surface area contributed by atoms with E-state index >= 15 is 0 Å². The quantitative estimate of drug-likeness (QED) is 0.340. The zero-order chi connectivity index (χ0) is 18.0. The van der Waals surface area contributed by atoms with E-state index in [9.17, 15) is 26.4 Å². The van der Waals surface area contributed by atoms with Crippen molar-refractivity contribution in [2.45, 2.75) is 10.4 Å². The highest BCUT2D eigenvalue weighted by Gasteiger charge is 2.48. The highest BCUT2D eigenvalue weighted by atomic mass is 32.2. The fourth-order valence-electron chi connectivity index (χ4n) is 1.86. The monoisotopic (exact) mass is 376 g/mol. The van der Waals surface area contributed by atoms with Gasteiger partial charge in [0.15, 0.2) is 12.0 Å². The molecule has 0 heterocycles. The maximum Gasteiger partial charge on any atom is 0.534 e. The zero-order valence-electron chi connectivity index (χ0n) is 12.2. The van der Waals surface area contributed by atoms with Crippen LogP contribution in [0.2, 0.25) is 0 Å². The maximum absolute atomic E-state index is 12.4. The Kier molecular flexibility index (Phi) is 5.24. The molecule has 0 aliphatic heterocycles. The summed E-state index contributed by atoms with van der Waals surface area (Å²) in [4.78, 5) is 12.1. The van der Waals surface area contributed by atoms with Crippen LogP contribution in [0, 0.1) is 0 Å². The molecule has 24 heavy (non-hydrogen) atoms. The van der Waals surface area contributed by atoms with Gasteiger partial charge in [0.05, 0.1) is 5.56 Å². The van der Waals surface area contributed by atoms with Gasteiger partial charge >= 0.3 is 15.6 Å². The summed E-state index contributed by atoms with van der Waals surface area (Å²) in [6.07, 6.45) is 2.12. The van der Waals surface area contributed by atoms with Crippen LogP contribution in [-0.4, -0.2) is 26.5 Å². The zero-order valence-corrected chi connectivity index (χ0v) is 13.8. The summed E-state index contributed by atoms with van der Waals surface area (Å²) in [5, 5.41) is 0. The van der Waals surface area contributed by atoms with Crippen molar-refractivity contribution in [3.8, 4) is 16.9 Å². The summed E-state index contributed by atoms with van der Waals surface area (Å²) in [6, 6.07) is 10.9. The molecule has 0 aliphatic rings. The van der Waals surface area contributed by atoms with Crippen molar-refractivity contribution in [2.75, 3.05) is 6.26 Å². The Bertz CT molecular complexity index is 861. The Morgan fingerprint density at radius 1 is 1.08 bits per heavy atom. The lowest BCUT2D eigenvalue weighted by Gasteiger charge is -2.12. The van der Waals surface area contributed by atoms with Crippen molar-refractivity contribution in [1.82, 2.24) is 0 Å². The van der Waals surface area contributed by atoms with Crippen molar-refractivity contribution in [3.63, 3.8) is 0 Å². The first-order chi connectivity index (χ1) is 11.2. The van der Waals surface area contributed by atoms with Gasteiger partial charge in [0.2, 0.25) is 0 Å². The molecule has 0 amide bonds. The molecule has 2 aromatic rings. The van der Waals surface area contributed by atoms with E-state index < -0.39 is 21.4 Å². The topological polar surface area (TPSA) is 60.4 Å².